The Morgan fingerprint density at radius 1 is 1.36 bits per heavy atom. The first-order valence-electron chi connectivity index (χ1n) is 3.34. The smallest absolute Gasteiger partial charge is 0.145 e. The summed E-state index contributed by atoms with van der Waals surface area (Å²) in [5.41, 5.74) is 6.72. The van der Waals surface area contributed by atoms with Crippen LogP contribution in [0.4, 0.5) is 10.1 Å². The van der Waals surface area contributed by atoms with Crippen LogP contribution in [0.25, 0.3) is 0 Å². The highest BCUT2D eigenvalue weighted by Gasteiger charge is 2.17. The zero-order valence-electron chi connectivity index (χ0n) is 6.34. The fourth-order valence-electron chi connectivity index (χ4n) is 0.809. The van der Waals surface area contributed by atoms with Crippen molar-refractivity contribution in [2.45, 2.75) is 12.3 Å². The Hall–Kier alpha value is -0.620. The highest BCUT2D eigenvalue weighted by molar-refractivity contribution is 7.18. The van der Waals surface area contributed by atoms with Crippen molar-refractivity contribution < 1.29 is 4.39 Å². The largest absolute Gasteiger partial charge is 0.399 e. The van der Waals surface area contributed by atoms with Gasteiger partial charge < -0.3 is 5.73 Å². The summed E-state index contributed by atoms with van der Waals surface area (Å²) in [6.07, 6.45) is 0. The quantitative estimate of drug-likeness (QED) is 0.509. The highest BCUT2D eigenvalue weighted by Crippen LogP contribution is 2.32. The van der Waals surface area contributed by atoms with E-state index >= 15 is 0 Å². The summed E-state index contributed by atoms with van der Waals surface area (Å²) in [6.45, 7) is 1.49. The van der Waals surface area contributed by atoms with Crippen molar-refractivity contribution in [3.05, 3.63) is 29.8 Å². The number of anilines is 1. The van der Waals surface area contributed by atoms with E-state index in [9.17, 15) is 4.39 Å². The van der Waals surface area contributed by atoms with Crippen LogP contribution < -0.4 is 5.73 Å². The van der Waals surface area contributed by atoms with E-state index in [0.29, 0.717) is 11.3 Å². The van der Waals surface area contributed by atoms with Crippen molar-refractivity contribution in [2.24, 2.45) is 0 Å². The number of alkyl halides is 1. The van der Waals surface area contributed by atoms with Crippen LogP contribution in [0, 0.1) is 0 Å². The van der Waals surface area contributed by atoms with Crippen molar-refractivity contribution in [3.63, 3.8) is 0 Å². The van der Waals surface area contributed by atoms with Crippen LogP contribution in [0.1, 0.15) is 12.5 Å². The van der Waals surface area contributed by atoms with Gasteiger partial charge in [-0.3, -0.25) is 0 Å². The van der Waals surface area contributed by atoms with Crippen molar-refractivity contribution >= 4 is 14.9 Å². The minimum Gasteiger partial charge on any atom is -0.399 e. The van der Waals surface area contributed by atoms with E-state index in [1.807, 2.05) is 0 Å². The summed E-state index contributed by atoms with van der Waals surface area (Å²) in [7, 11) is 2.14. The second-order valence-electron chi connectivity index (χ2n) is 2.70. The minimum atomic E-state index is -1.35. The first-order valence-corrected chi connectivity index (χ1v) is 3.92. The van der Waals surface area contributed by atoms with Gasteiger partial charge >= 0.3 is 0 Å². The SMILES string of the molecule is CC(F)(P)c1ccc(N)cc1. The van der Waals surface area contributed by atoms with E-state index < -0.39 is 5.41 Å². The van der Waals surface area contributed by atoms with Crippen molar-refractivity contribution in [2.75, 3.05) is 5.73 Å². The predicted octanol–water partition coefficient (Wildman–Crippen LogP) is 2.29. The zero-order chi connectivity index (χ0) is 8.48. The van der Waals surface area contributed by atoms with Crippen LogP contribution in [0.3, 0.4) is 0 Å². The fourth-order valence-corrected chi connectivity index (χ4v) is 1.00. The number of hydrogen-bond donors (Lipinski definition) is 1. The normalized spacial score (nSPS) is 15.9. The minimum absolute atomic E-state index is 0.622. The maximum atomic E-state index is 13.2. The number of nitrogens with two attached hydrogens (primary N) is 1. The Labute approximate surface area is 68.0 Å². The zero-order valence-corrected chi connectivity index (χ0v) is 7.50. The Bertz CT molecular complexity index is 237. The molecule has 3 heteroatoms. The maximum absolute atomic E-state index is 13.2. The second kappa shape index (κ2) is 2.78. The number of nitrogen functional groups attached to an aromatic ring is 1. The molecule has 2 unspecified atom stereocenters. The number of rotatable bonds is 1. The van der Waals surface area contributed by atoms with Gasteiger partial charge in [0.15, 0.2) is 0 Å². The summed E-state index contributed by atoms with van der Waals surface area (Å²) >= 11 is 0. The third-order valence-corrected chi connectivity index (χ3v) is 1.81. The van der Waals surface area contributed by atoms with Gasteiger partial charge in [0.25, 0.3) is 0 Å². The van der Waals surface area contributed by atoms with Crippen molar-refractivity contribution in [1.82, 2.24) is 0 Å². The van der Waals surface area contributed by atoms with Gasteiger partial charge in [0.2, 0.25) is 0 Å². The lowest BCUT2D eigenvalue weighted by atomic mass is 10.1. The molecule has 0 saturated carbocycles. The van der Waals surface area contributed by atoms with Gasteiger partial charge in [0.05, 0.1) is 0 Å². The van der Waals surface area contributed by atoms with Gasteiger partial charge in [-0.05, 0) is 24.6 Å². The van der Waals surface area contributed by atoms with Crippen LogP contribution in [0.15, 0.2) is 24.3 Å². The van der Waals surface area contributed by atoms with Crippen LogP contribution >= 0.6 is 9.24 Å². The monoisotopic (exact) mass is 171 g/mol. The second-order valence-corrected chi connectivity index (χ2v) is 3.78. The van der Waals surface area contributed by atoms with Crippen LogP contribution in [-0.4, -0.2) is 0 Å². The lowest BCUT2D eigenvalue weighted by molar-refractivity contribution is 0.324. The molecule has 0 aliphatic carbocycles. The molecule has 1 aromatic rings. The van der Waals surface area contributed by atoms with E-state index in [0.717, 1.165) is 0 Å². The number of halogens is 1. The lowest BCUT2D eigenvalue weighted by Crippen LogP contribution is -2.03. The van der Waals surface area contributed by atoms with Crippen molar-refractivity contribution in [3.8, 4) is 0 Å². The summed E-state index contributed by atoms with van der Waals surface area (Å²) in [4.78, 5) is 0. The van der Waals surface area contributed by atoms with Gasteiger partial charge in [0.1, 0.15) is 5.41 Å². The molecule has 0 radical (unpaired) electrons. The van der Waals surface area contributed by atoms with Crippen LogP contribution in [-0.2, 0) is 5.41 Å². The van der Waals surface area contributed by atoms with Crippen LogP contribution in [0.2, 0.25) is 0 Å². The van der Waals surface area contributed by atoms with Gasteiger partial charge in [-0.15, -0.1) is 0 Å². The Morgan fingerprint density at radius 3 is 2.18 bits per heavy atom. The van der Waals surface area contributed by atoms with E-state index in [1.54, 1.807) is 24.3 Å². The summed E-state index contributed by atoms with van der Waals surface area (Å²) in [5.74, 6) is 0. The molecule has 11 heavy (non-hydrogen) atoms. The Kier molecular flexibility index (Phi) is 2.15. The molecule has 1 rings (SSSR count). The molecule has 0 spiro atoms. The standard InChI is InChI=1S/C8H11FNP/c1-8(9,11)6-2-4-7(10)5-3-6/h2-5H,10-11H2,1H3. The molecular weight excluding hydrogens is 160 g/mol. The molecule has 0 aromatic heterocycles. The summed E-state index contributed by atoms with van der Waals surface area (Å²) < 4.78 is 13.2. The topological polar surface area (TPSA) is 26.0 Å². The van der Waals surface area contributed by atoms with Crippen LogP contribution in [0.5, 0.6) is 0 Å². The molecule has 1 nitrogen and oxygen atoms in total. The molecule has 0 saturated heterocycles. The summed E-state index contributed by atoms with van der Waals surface area (Å²) in [5, 5.41) is -1.35. The third kappa shape index (κ3) is 2.16. The molecule has 0 heterocycles. The van der Waals surface area contributed by atoms with Gasteiger partial charge in [-0.25, -0.2) is 4.39 Å². The molecule has 2 N–H and O–H groups in total. The molecular formula is C8H11FNP. The van der Waals surface area contributed by atoms with Crippen molar-refractivity contribution in [1.29, 1.82) is 0 Å². The first-order chi connectivity index (χ1) is 5.00. The van der Waals surface area contributed by atoms with E-state index in [2.05, 4.69) is 9.24 Å². The average molecular weight is 171 g/mol. The predicted molar refractivity (Wildman–Crippen MR) is 49.0 cm³/mol. The molecule has 2 atom stereocenters. The Morgan fingerprint density at radius 2 is 1.82 bits per heavy atom. The molecule has 0 fully saturated rings. The third-order valence-electron chi connectivity index (χ3n) is 1.48. The average Bonchev–Trinajstić information content (AvgIpc) is 1.86. The fraction of sp³-hybridized carbons (Fsp3) is 0.250. The van der Waals surface area contributed by atoms with Gasteiger partial charge in [0, 0.05) is 5.69 Å². The first kappa shape index (κ1) is 8.48. The molecule has 0 aliphatic heterocycles. The van der Waals surface area contributed by atoms with E-state index in [1.165, 1.54) is 6.92 Å². The molecule has 0 bridgehead atoms. The highest BCUT2D eigenvalue weighted by atomic mass is 31.0. The molecule has 1 aromatic carbocycles. The Balaban J connectivity index is 2.99. The maximum Gasteiger partial charge on any atom is 0.145 e. The molecule has 60 valence electrons. The molecule has 0 aliphatic rings. The summed E-state index contributed by atoms with van der Waals surface area (Å²) in [6, 6.07) is 6.75. The van der Waals surface area contributed by atoms with E-state index in [-0.39, 0.29) is 0 Å². The lowest BCUT2D eigenvalue weighted by Gasteiger charge is -2.13. The van der Waals surface area contributed by atoms with E-state index in [4.69, 9.17) is 5.73 Å². The number of benzene rings is 1. The number of hydrogen-bond acceptors (Lipinski definition) is 1. The molecule has 0 amide bonds. The van der Waals surface area contributed by atoms with Gasteiger partial charge in [-0.2, -0.15) is 0 Å². The van der Waals surface area contributed by atoms with Gasteiger partial charge in [-0.1, -0.05) is 21.4 Å².